The Morgan fingerprint density at radius 1 is 0.441 bits per heavy atom. The molecule has 2 aliphatic heterocycles. The van der Waals surface area contributed by atoms with Gasteiger partial charge in [0, 0.05) is 24.3 Å². The molecule has 0 unspecified atom stereocenters. The van der Waals surface area contributed by atoms with Crippen LogP contribution in [0, 0.1) is 0 Å². The Morgan fingerprint density at radius 3 is 1.09 bits per heavy atom. The molecule has 0 spiro atoms. The number of nitrogens with zero attached hydrogens (tertiary/aromatic N) is 2. The first kappa shape index (κ1) is 20.9. The van der Waals surface area contributed by atoms with Crippen molar-refractivity contribution in [1.29, 1.82) is 0 Å². The molecule has 0 saturated carbocycles. The van der Waals surface area contributed by atoms with Crippen molar-refractivity contribution in [3.8, 4) is 23.0 Å². The summed E-state index contributed by atoms with van der Waals surface area (Å²) in [6.45, 7) is 0. The molecule has 3 aromatic rings. The van der Waals surface area contributed by atoms with Crippen LogP contribution in [0.4, 0.5) is 11.4 Å². The maximum atomic E-state index is 11.8. The van der Waals surface area contributed by atoms with Crippen LogP contribution in [-0.4, -0.2) is 23.6 Å². The average Bonchev–Trinajstić information content (AvgIpc) is 3.36. The van der Waals surface area contributed by atoms with Gasteiger partial charge < -0.3 is 9.47 Å². The molecule has 0 saturated heterocycles. The Kier molecular flexibility index (Phi) is 5.23. The molecule has 2 heterocycles. The molecule has 0 atom stereocenters. The minimum atomic E-state index is -0.391. The van der Waals surface area contributed by atoms with E-state index >= 15 is 0 Å². The number of anilines is 2. The van der Waals surface area contributed by atoms with Gasteiger partial charge in [0.05, 0.1) is 11.4 Å². The lowest BCUT2D eigenvalue weighted by molar-refractivity contribution is -0.121. The van der Waals surface area contributed by atoms with Crippen molar-refractivity contribution in [3.63, 3.8) is 0 Å². The standard InChI is InChI=1S/C26H16N2O6/c29-23-13-14-24(30)27(23)17-5-9-19(10-6-17)33-21-3-1-2-4-22(21)34-20-11-7-18(8-12-20)28-25(31)15-16-26(28)32/h1-16H. The third-order valence-corrected chi connectivity index (χ3v) is 5.11. The highest BCUT2D eigenvalue weighted by atomic mass is 16.5. The Bertz CT molecular complexity index is 1230. The predicted molar refractivity (Wildman–Crippen MR) is 123 cm³/mol. The first-order valence-electron chi connectivity index (χ1n) is 10.3. The Morgan fingerprint density at radius 2 is 0.765 bits per heavy atom. The summed E-state index contributed by atoms with van der Waals surface area (Å²) in [5, 5.41) is 0. The van der Waals surface area contributed by atoms with E-state index in [1.165, 1.54) is 24.3 Å². The second-order valence-corrected chi connectivity index (χ2v) is 7.33. The monoisotopic (exact) mass is 452 g/mol. The number of imide groups is 2. The molecular formula is C26H16N2O6. The number of carbonyl (C=O) groups is 4. The third kappa shape index (κ3) is 3.95. The van der Waals surface area contributed by atoms with Crippen molar-refractivity contribution >= 4 is 35.0 Å². The number of amides is 4. The Hall–Kier alpha value is -4.98. The molecule has 8 nitrogen and oxygen atoms in total. The largest absolute Gasteiger partial charge is 0.453 e. The number of carbonyl (C=O) groups excluding carboxylic acids is 4. The molecule has 3 aromatic carbocycles. The summed E-state index contributed by atoms with van der Waals surface area (Å²) in [7, 11) is 0. The molecule has 0 aromatic heterocycles. The quantitative estimate of drug-likeness (QED) is 0.522. The Labute approximate surface area is 193 Å². The van der Waals surface area contributed by atoms with E-state index in [0.717, 1.165) is 9.80 Å². The topological polar surface area (TPSA) is 93.2 Å². The molecule has 5 rings (SSSR count). The number of hydrogen-bond acceptors (Lipinski definition) is 6. The minimum absolute atomic E-state index is 0.391. The first-order valence-corrected chi connectivity index (χ1v) is 10.3. The van der Waals surface area contributed by atoms with Crippen LogP contribution in [0.2, 0.25) is 0 Å². The summed E-state index contributed by atoms with van der Waals surface area (Å²) in [6.07, 6.45) is 4.91. The molecular weight excluding hydrogens is 436 g/mol. The van der Waals surface area contributed by atoms with Crippen LogP contribution in [0.15, 0.2) is 97.1 Å². The summed E-state index contributed by atoms with van der Waals surface area (Å²) in [6, 6.07) is 20.2. The number of hydrogen-bond donors (Lipinski definition) is 0. The molecule has 0 bridgehead atoms. The van der Waals surface area contributed by atoms with Crippen LogP contribution in [0.3, 0.4) is 0 Å². The van der Waals surface area contributed by atoms with Crippen LogP contribution in [0.5, 0.6) is 23.0 Å². The minimum Gasteiger partial charge on any atom is -0.453 e. The van der Waals surface area contributed by atoms with Crippen LogP contribution in [-0.2, 0) is 19.2 Å². The third-order valence-electron chi connectivity index (χ3n) is 5.11. The van der Waals surface area contributed by atoms with Gasteiger partial charge in [0.15, 0.2) is 11.5 Å². The smallest absolute Gasteiger partial charge is 0.258 e. The summed E-state index contributed by atoms with van der Waals surface area (Å²) >= 11 is 0. The molecule has 8 heteroatoms. The fourth-order valence-corrected chi connectivity index (χ4v) is 3.51. The molecule has 0 N–H and O–H groups in total. The number of para-hydroxylation sites is 2. The van der Waals surface area contributed by atoms with Crippen molar-refractivity contribution in [3.05, 3.63) is 97.1 Å². The van der Waals surface area contributed by atoms with Crippen LogP contribution in [0.25, 0.3) is 0 Å². The lowest BCUT2D eigenvalue weighted by Crippen LogP contribution is -2.29. The molecule has 0 aliphatic carbocycles. The van der Waals surface area contributed by atoms with Crippen molar-refractivity contribution in [1.82, 2.24) is 0 Å². The number of benzene rings is 3. The molecule has 34 heavy (non-hydrogen) atoms. The van der Waals surface area contributed by atoms with E-state index in [1.54, 1.807) is 72.8 Å². The van der Waals surface area contributed by atoms with Crippen molar-refractivity contribution in [2.24, 2.45) is 0 Å². The molecule has 2 aliphatic rings. The SMILES string of the molecule is O=C1C=CC(=O)N1c1ccc(Oc2ccccc2Oc2ccc(N3C(=O)C=CC3=O)cc2)cc1. The summed E-state index contributed by atoms with van der Waals surface area (Å²) in [5.74, 6) is 0.306. The molecule has 0 fully saturated rings. The fourth-order valence-electron chi connectivity index (χ4n) is 3.51. The molecule has 4 amide bonds. The Balaban J connectivity index is 1.30. The fraction of sp³-hybridized carbons (Fsp3) is 0. The number of rotatable bonds is 6. The highest BCUT2D eigenvalue weighted by molar-refractivity contribution is 6.28. The van der Waals surface area contributed by atoms with E-state index in [4.69, 9.17) is 9.47 Å². The van der Waals surface area contributed by atoms with E-state index < -0.39 is 23.6 Å². The van der Waals surface area contributed by atoms with Gasteiger partial charge in [-0.2, -0.15) is 0 Å². The van der Waals surface area contributed by atoms with Crippen LogP contribution in [0.1, 0.15) is 0 Å². The lowest BCUT2D eigenvalue weighted by atomic mass is 10.2. The van der Waals surface area contributed by atoms with Gasteiger partial charge in [0.2, 0.25) is 0 Å². The lowest BCUT2D eigenvalue weighted by Gasteiger charge is -2.16. The van der Waals surface area contributed by atoms with Crippen molar-refractivity contribution in [2.45, 2.75) is 0 Å². The van der Waals surface area contributed by atoms with Gasteiger partial charge in [-0.25, -0.2) is 9.80 Å². The second-order valence-electron chi connectivity index (χ2n) is 7.33. The van der Waals surface area contributed by atoms with Gasteiger partial charge in [-0.3, -0.25) is 19.2 Å². The van der Waals surface area contributed by atoms with Crippen molar-refractivity contribution < 1.29 is 28.7 Å². The maximum Gasteiger partial charge on any atom is 0.258 e. The summed E-state index contributed by atoms with van der Waals surface area (Å²) in [4.78, 5) is 49.5. The van der Waals surface area contributed by atoms with Gasteiger partial charge in [0.1, 0.15) is 11.5 Å². The zero-order valence-electron chi connectivity index (χ0n) is 17.6. The van der Waals surface area contributed by atoms with Crippen LogP contribution >= 0.6 is 0 Å². The van der Waals surface area contributed by atoms with Crippen LogP contribution < -0.4 is 19.3 Å². The average molecular weight is 452 g/mol. The highest BCUT2D eigenvalue weighted by Crippen LogP contribution is 2.36. The number of ether oxygens (including phenoxy) is 2. The van der Waals surface area contributed by atoms with E-state index in [0.29, 0.717) is 34.4 Å². The normalized spacial score (nSPS) is 14.9. The second kappa shape index (κ2) is 8.51. The van der Waals surface area contributed by atoms with E-state index in [2.05, 4.69) is 0 Å². The van der Waals surface area contributed by atoms with Gasteiger partial charge in [-0.05, 0) is 60.7 Å². The van der Waals surface area contributed by atoms with Crippen molar-refractivity contribution in [2.75, 3.05) is 9.80 Å². The summed E-state index contributed by atoms with van der Waals surface area (Å²) in [5.41, 5.74) is 0.893. The first-order chi connectivity index (χ1) is 16.5. The summed E-state index contributed by atoms with van der Waals surface area (Å²) < 4.78 is 11.9. The zero-order valence-corrected chi connectivity index (χ0v) is 17.6. The van der Waals surface area contributed by atoms with Gasteiger partial charge in [-0.1, -0.05) is 12.1 Å². The van der Waals surface area contributed by atoms with Gasteiger partial charge >= 0.3 is 0 Å². The van der Waals surface area contributed by atoms with E-state index in [1.807, 2.05) is 0 Å². The van der Waals surface area contributed by atoms with Gasteiger partial charge in [-0.15, -0.1) is 0 Å². The molecule has 166 valence electrons. The highest BCUT2D eigenvalue weighted by Gasteiger charge is 2.26. The van der Waals surface area contributed by atoms with Gasteiger partial charge in [0.25, 0.3) is 23.6 Å². The predicted octanol–water partition coefficient (Wildman–Crippen LogP) is 4.13. The zero-order chi connectivity index (χ0) is 23.7. The maximum absolute atomic E-state index is 11.8. The van der Waals surface area contributed by atoms with E-state index in [-0.39, 0.29) is 0 Å². The van der Waals surface area contributed by atoms with E-state index in [9.17, 15) is 19.2 Å². The molecule has 0 radical (unpaired) electrons.